The van der Waals surface area contributed by atoms with Crippen LogP contribution in [0.5, 0.6) is 0 Å². The minimum atomic E-state index is 0.173. The first-order valence-corrected chi connectivity index (χ1v) is 6.40. The molecule has 0 aliphatic rings. The molecule has 6 nitrogen and oxygen atoms in total. The Hall–Kier alpha value is -2.50. The number of aromatic nitrogens is 3. The fourth-order valence-electron chi connectivity index (χ4n) is 1.86. The van der Waals surface area contributed by atoms with Crippen LogP contribution in [0.1, 0.15) is 17.7 Å². The van der Waals surface area contributed by atoms with E-state index in [4.69, 9.17) is 11.1 Å². The first-order chi connectivity index (χ1) is 9.65. The highest BCUT2D eigenvalue weighted by atomic mass is 15.2. The highest BCUT2D eigenvalue weighted by Gasteiger charge is 2.10. The van der Waals surface area contributed by atoms with Crippen LogP contribution in [0, 0.1) is 12.3 Å². The summed E-state index contributed by atoms with van der Waals surface area (Å²) in [6, 6.07) is 5.85. The Morgan fingerprint density at radius 2 is 2.25 bits per heavy atom. The summed E-state index contributed by atoms with van der Waals surface area (Å²) >= 11 is 0. The molecule has 2 rings (SSSR count). The lowest BCUT2D eigenvalue weighted by Crippen LogP contribution is -2.28. The number of rotatable bonds is 6. The number of anilines is 1. The summed E-state index contributed by atoms with van der Waals surface area (Å²) in [6.07, 6.45) is 5.63. The molecule has 0 aliphatic heterocycles. The van der Waals surface area contributed by atoms with E-state index in [1.54, 1.807) is 12.5 Å². The summed E-state index contributed by atoms with van der Waals surface area (Å²) in [5.41, 5.74) is 7.45. The average molecular weight is 270 g/mol. The first kappa shape index (κ1) is 13.9. The van der Waals surface area contributed by atoms with Gasteiger partial charge in [0.25, 0.3) is 0 Å². The fraction of sp³-hybridized carbons (Fsp3) is 0.286. The number of pyridine rings is 1. The third-order valence-corrected chi connectivity index (χ3v) is 2.86. The van der Waals surface area contributed by atoms with Gasteiger partial charge in [-0.2, -0.15) is 0 Å². The van der Waals surface area contributed by atoms with Crippen molar-refractivity contribution >= 4 is 11.7 Å². The lowest BCUT2D eigenvalue weighted by molar-refractivity contribution is 0.779. The molecule has 0 fully saturated rings. The predicted octanol–water partition coefficient (Wildman–Crippen LogP) is 1.51. The van der Waals surface area contributed by atoms with Gasteiger partial charge in [-0.05, 0) is 18.6 Å². The Bertz CT molecular complexity index is 569. The van der Waals surface area contributed by atoms with Crippen molar-refractivity contribution in [3.05, 3.63) is 48.2 Å². The number of nitrogens with one attached hydrogen (secondary N) is 1. The van der Waals surface area contributed by atoms with Crippen LogP contribution in [0.25, 0.3) is 0 Å². The van der Waals surface area contributed by atoms with Crippen LogP contribution in [0.2, 0.25) is 0 Å². The molecular weight excluding hydrogens is 252 g/mol. The minimum absolute atomic E-state index is 0.173. The average Bonchev–Trinajstić information content (AvgIpc) is 2.44. The van der Waals surface area contributed by atoms with E-state index >= 15 is 0 Å². The minimum Gasteiger partial charge on any atom is -0.388 e. The summed E-state index contributed by atoms with van der Waals surface area (Å²) < 4.78 is 0. The van der Waals surface area contributed by atoms with Gasteiger partial charge in [0.1, 0.15) is 12.1 Å². The first-order valence-electron chi connectivity index (χ1n) is 6.40. The number of amidine groups is 1. The Balaban J connectivity index is 2.18. The molecule has 0 saturated heterocycles. The second kappa shape index (κ2) is 6.60. The molecule has 0 radical (unpaired) electrons. The van der Waals surface area contributed by atoms with Crippen molar-refractivity contribution in [2.24, 2.45) is 5.73 Å². The standard InChI is InChI=1S/C14H18N6/c1-11-7-14(19-10-18-11)20(6-4-13(15)16)9-12-3-2-5-17-8-12/h2-3,5,7-8,10H,4,6,9H2,1H3,(H3,15,16). The maximum Gasteiger partial charge on any atom is 0.132 e. The van der Waals surface area contributed by atoms with Gasteiger partial charge in [-0.25, -0.2) is 9.97 Å². The zero-order valence-electron chi connectivity index (χ0n) is 11.5. The monoisotopic (exact) mass is 270 g/mol. The van der Waals surface area contributed by atoms with Gasteiger partial charge >= 0.3 is 0 Å². The van der Waals surface area contributed by atoms with Gasteiger partial charge in [-0.3, -0.25) is 10.4 Å². The van der Waals surface area contributed by atoms with Gasteiger partial charge < -0.3 is 10.6 Å². The lowest BCUT2D eigenvalue weighted by Gasteiger charge is -2.23. The van der Waals surface area contributed by atoms with E-state index < -0.39 is 0 Å². The van der Waals surface area contributed by atoms with Crippen molar-refractivity contribution in [1.82, 2.24) is 15.0 Å². The maximum atomic E-state index is 7.38. The molecule has 2 heterocycles. The zero-order valence-corrected chi connectivity index (χ0v) is 11.5. The maximum absolute atomic E-state index is 7.38. The van der Waals surface area contributed by atoms with E-state index in [1.807, 2.05) is 31.3 Å². The van der Waals surface area contributed by atoms with E-state index in [1.165, 1.54) is 0 Å². The second-order valence-corrected chi connectivity index (χ2v) is 4.58. The molecule has 20 heavy (non-hydrogen) atoms. The third kappa shape index (κ3) is 4.01. The second-order valence-electron chi connectivity index (χ2n) is 4.58. The Morgan fingerprint density at radius 3 is 2.90 bits per heavy atom. The van der Waals surface area contributed by atoms with Crippen molar-refractivity contribution in [2.75, 3.05) is 11.4 Å². The summed E-state index contributed by atoms with van der Waals surface area (Å²) in [7, 11) is 0. The summed E-state index contributed by atoms with van der Waals surface area (Å²) in [4.78, 5) is 14.6. The van der Waals surface area contributed by atoms with Gasteiger partial charge in [0.2, 0.25) is 0 Å². The molecule has 104 valence electrons. The Labute approximate surface area is 118 Å². The van der Waals surface area contributed by atoms with Crippen LogP contribution in [0.3, 0.4) is 0 Å². The van der Waals surface area contributed by atoms with Gasteiger partial charge in [0.15, 0.2) is 0 Å². The SMILES string of the molecule is Cc1cc(N(CCC(=N)N)Cc2cccnc2)ncn1. The van der Waals surface area contributed by atoms with E-state index in [9.17, 15) is 0 Å². The van der Waals surface area contributed by atoms with E-state index in [-0.39, 0.29) is 5.84 Å². The molecule has 3 N–H and O–H groups in total. The van der Waals surface area contributed by atoms with E-state index in [0.29, 0.717) is 19.5 Å². The van der Waals surface area contributed by atoms with Crippen molar-refractivity contribution < 1.29 is 0 Å². The van der Waals surface area contributed by atoms with E-state index in [0.717, 1.165) is 17.1 Å². The molecule has 0 bridgehead atoms. The van der Waals surface area contributed by atoms with Gasteiger partial charge in [0, 0.05) is 43.7 Å². The highest BCUT2D eigenvalue weighted by Crippen LogP contribution is 2.14. The van der Waals surface area contributed by atoms with Crippen molar-refractivity contribution in [3.8, 4) is 0 Å². The number of hydrogen-bond acceptors (Lipinski definition) is 5. The topological polar surface area (TPSA) is 91.8 Å². The molecule has 0 amide bonds. The van der Waals surface area contributed by atoms with Crippen LogP contribution in [-0.4, -0.2) is 27.3 Å². The van der Waals surface area contributed by atoms with Crippen LogP contribution < -0.4 is 10.6 Å². The van der Waals surface area contributed by atoms with Crippen LogP contribution in [0.15, 0.2) is 36.9 Å². The van der Waals surface area contributed by atoms with Gasteiger partial charge in [0.05, 0.1) is 5.84 Å². The predicted molar refractivity (Wildman–Crippen MR) is 78.6 cm³/mol. The fourth-order valence-corrected chi connectivity index (χ4v) is 1.86. The number of aryl methyl sites for hydroxylation is 1. The summed E-state index contributed by atoms with van der Waals surface area (Å²) in [5.74, 6) is 1.01. The summed E-state index contributed by atoms with van der Waals surface area (Å²) in [5, 5.41) is 7.38. The third-order valence-electron chi connectivity index (χ3n) is 2.86. The molecule has 0 atom stereocenters. The Kier molecular flexibility index (Phi) is 4.60. The molecule has 0 spiro atoms. The smallest absolute Gasteiger partial charge is 0.132 e. The van der Waals surface area contributed by atoms with Gasteiger partial charge in [-0.15, -0.1) is 0 Å². The van der Waals surface area contributed by atoms with Crippen molar-refractivity contribution in [3.63, 3.8) is 0 Å². The van der Waals surface area contributed by atoms with Crippen LogP contribution >= 0.6 is 0 Å². The van der Waals surface area contributed by atoms with Crippen LogP contribution in [-0.2, 0) is 6.54 Å². The highest BCUT2D eigenvalue weighted by molar-refractivity contribution is 5.77. The van der Waals surface area contributed by atoms with Crippen molar-refractivity contribution in [2.45, 2.75) is 19.9 Å². The zero-order chi connectivity index (χ0) is 14.4. The van der Waals surface area contributed by atoms with E-state index in [2.05, 4.69) is 19.9 Å². The Morgan fingerprint density at radius 1 is 1.40 bits per heavy atom. The summed E-state index contributed by atoms with van der Waals surface area (Å²) in [6.45, 7) is 3.25. The molecule has 2 aromatic heterocycles. The molecule has 0 saturated carbocycles. The normalized spacial score (nSPS) is 10.2. The number of nitrogens with zero attached hydrogens (tertiary/aromatic N) is 4. The lowest BCUT2D eigenvalue weighted by atomic mass is 10.2. The largest absolute Gasteiger partial charge is 0.388 e. The quantitative estimate of drug-likeness (QED) is 0.613. The molecular formula is C14H18N6. The van der Waals surface area contributed by atoms with Crippen molar-refractivity contribution in [1.29, 1.82) is 5.41 Å². The number of nitrogens with two attached hydrogens (primary N) is 1. The van der Waals surface area contributed by atoms with Crippen LogP contribution in [0.4, 0.5) is 5.82 Å². The number of hydrogen-bond donors (Lipinski definition) is 2. The molecule has 0 aromatic carbocycles. The molecule has 0 aliphatic carbocycles. The molecule has 2 aromatic rings. The van der Waals surface area contributed by atoms with Gasteiger partial charge in [-0.1, -0.05) is 6.07 Å². The molecule has 0 unspecified atom stereocenters. The molecule has 6 heteroatoms.